The zero-order valence-electron chi connectivity index (χ0n) is 8.53. The number of nitrogens with one attached hydrogen (secondary N) is 3. The molecular formula is C8H9FN6OS. The molecule has 0 aliphatic heterocycles. The molecule has 0 atom stereocenters. The molecule has 0 radical (unpaired) electrons. The van der Waals surface area contributed by atoms with Gasteiger partial charge in [-0.2, -0.15) is 4.98 Å². The molecule has 9 heteroatoms. The number of nitrogens with two attached hydrogens (primary N) is 1. The number of rotatable bonds is 4. The number of halogens is 1. The number of nitrogen functional groups attached to an aromatic ring is 1. The van der Waals surface area contributed by atoms with Crippen LogP contribution in [0.15, 0.2) is 16.4 Å². The molecule has 90 valence electrons. The molecule has 2 rings (SSSR count). The summed E-state index contributed by atoms with van der Waals surface area (Å²) in [6.07, 6.45) is 1.00. The van der Waals surface area contributed by atoms with Gasteiger partial charge in [0, 0.05) is 11.1 Å². The first-order chi connectivity index (χ1) is 8.19. The van der Waals surface area contributed by atoms with Crippen molar-refractivity contribution in [2.75, 3.05) is 10.7 Å². The van der Waals surface area contributed by atoms with Crippen LogP contribution in [0.25, 0.3) is 0 Å². The Morgan fingerprint density at radius 1 is 1.59 bits per heavy atom. The summed E-state index contributed by atoms with van der Waals surface area (Å²) in [5.74, 6) is 4.63. The molecule has 0 bridgehead atoms. The Balaban J connectivity index is 2.10. The van der Waals surface area contributed by atoms with Gasteiger partial charge in [-0.15, -0.1) is 0 Å². The molecular weight excluding hydrogens is 247 g/mol. The maximum Gasteiger partial charge on any atom is 0.304 e. The molecule has 0 saturated heterocycles. The van der Waals surface area contributed by atoms with E-state index in [1.807, 2.05) is 0 Å². The Morgan fingerprint density at radius 2 is 2.41 bits per heavy atom. The molecule has 17 heavy (non-hydrogen) atoms. The highest BCUT2D eigenvalue weighted by molar-refractivity contribution is 7.07. The second-order valence-corrected chi connectivity index (χ2v) is 3.90. The average Bonchev–Trinajstić information content (AvgIpc) is 2.74. The Morgan fingerprint density at radius 3 is 3.06 bits per heavy atom. The van der Waals surface area contributed by atoms with Gasteiger partial charge in [0.2, 0.25) is 5.95 Å². The summed E-state index contributed by atoms with van der Waals surface area (Å²) in [4.78, 5) is 20.7. The molecule has 0 unspecified atom stereocenters. The van der Waals surface area contributed by atoms with E-state index in [0.717, 1.165) is 17.5 Å². The summed E-state index contributed by atoms with van der Waals surface area (Å²) in [7, 11) is 0. The van der Waals surface area contributed by atoms with Crippen LogP contribution < -0.4 is 21.5 Å². The number of anilines is 2. The van der Waals surface area contributed by atoms with Gasteiger partial charge in [0.1, 0.15) is 0 Å². The molecule has 0 fully saturated rings. The third-order valence-corrected chi connectivity index (χ3v) is 2.61. The Hall–Kier alpha value is -2.00. The number of thiazole rings is 1. The van der Waals surface area contributed by atoms with Gasteiger partial charge >= 0.3 is 4.87 Å². The maximum absolute atomic E-state index is 13.3. The van der Waals surface area contributed by atoms with Crippen molar-refractivity contribution in [3.63, 3.8) is 0 Å². The van der Waals surface area contributed by atoms with Crippen molar-refractivity contribution in [3.05, 3.63) is 32.8 Å². The summed E-state index contributed by atoms with van der Waals surface area (Å²) in [5.41, 5.74) is 2.87. The van der Waals surface area contributed by atoms with E-state index in [-0.39, 0.29) is 23.2 Å². The Kier molecular flexibility index (Phi) is 3.30. The van der Waals surface area contributed by atoms with Gasteiger partial charge in [-0.05, 0) is 0 Å². The number of H-pyrrole nitrogens is 1. The molecule has 0 aromatic carbocycles. The van der Waals surface area contributed by atoms with E-state index in [4.69, 9.17) is 5.84 Å². The van der Waals surface area contributed by atoms with E-state index in [0.29, 0.717) is 5.69 Å². The quantitative estimate of drug-likeness (QED) is 0.461. The number of hydrogen-bond donors (Lipinski definition) is 4. The summed E-state index contributed by atoms with van der Waals surface area (Å²) in [5, 5.41) is 4.38. The SMILES string of the molecule is NNc1ncc(F)c(NCc2csc(=O)[nH]2)n1. The number of hydrazine groups is 1. The highest BCUT2D eigenvalue weighted by atomic mass is 32.1. The minimum atomic E-state index is -0.596. The van der Waals surface area contributed by atoms with Gasteiger partial charge < -0.3 is 10.3 Å². The van der Waals surface area contributed by atoms with E-state index in [9.17, 15) is 9.18 Å². The Bertz CT molecular complexity index is 567. The standard InChI is InChI=1S/C8H9FN6OS/c9-5-2-12-7(15-10)14-6(5)11-1-4-3-17-8(16)13-4/h2-3H,1,10H2,(H,13,16)(H2,11,12,14,15). The summed E-state index contributed by atoms with van der Waals surface area (Å²) >= 11 is 1.04. The zero-order chi connectivity index (χ0) is 12.3. The van der Waals surface area contributed by atoms with E-state index >= 15 is 0 Å². The molecule has 2 aromatic heterocycles. The van der Waals surface area contributed by atoms with Crippen molar-refractivity contribution >= 4 is 23.1 Å². The smallest absolute Gasteiger partial charge is 0.304 e. The maximum atomic E-state index is 13.3. The van der Waals surface area contributed by atoms with Gasteiger partial charge in [-0.25, -0.2) is 15.2 Å². The highest BCUT2D eigenvalue weighted by Gasteiger charge is 2.06. The molecule has 0 aliphatic rings. The fourth-order valence-electron chi connectivity index (χ4n) is 1.14. The molecule has 0 saturated carbocycles. The fourth-order valence-corrected chi connectivity index (χ4v) is 1.72. The third kappa shape index (κ3) is 2.77. The van der Waals surface area contributed by atoms with Crippen LogP contribution in [0.2, 0.25) is 0 Å². The summed E-state index contributed by atoms with van der Waals surface area (Å²) < 4.78 is 13.3. The van der Waals surface area contributed by atoms with Gasteiger partial charge in [-0.1, -0.05) is 11.3 Å². The van der Waals surface area contributed by atoms with Gasteiger partial charge in [0.05, 0.1) is 12.7 Å². The van der Waals surface area contributed by atoms with Gasteiger partial charge in [0.25, 0.3) is 0 Å². The van der Waals surface area contributed by atoms with Crippen LogP contribution in [-0.2, 0) is 6.54 Å². The van der Waals surface area contributed by atoms with Gasteiger partial charge in [0.15, 0.2) is 11.6 Å². The first-order valence-electron chi connectivity index (χ1n) is 4.59. The van der Waals surface area contributed by atoms with E-state index < -0.39 is 5.82 Å². The van der Waals surface area contributed by atoms with E-state index in [2.05, 4.69) is 25.7 Å². The molecule has 2 heterocycles. The van der Waals surface area contributed by atoms with Crippen molar-refractivity contribution in [3.8, 4) is 0 Å². The number of aromatic amines is 1. The van der Waals surface area contributed by atoms with Crippen molar-refractivity contribution < 1.29 is 4.39 Å². The molecule has 0 aliphatic carbocycles. The monoisotopic (exact) mass is 256 g/mol. The zero-order valence-corrected chi connectivity index (χ0v) is 9.34. The molecule has 2 aromatic rings. The van der Waals surface area contributed by atoms with Gasteiger partial charge in [-0.3, -0.25) is 10.2 Å². The minimum absolute atomic E-state index is 0.0139. The summed E-state index contributed by atoms with van der Waals surface area (Å²) in [6, 6.07) is 0. The lowest BCUT2D eigenvalue weighted by Gasteiger charge is -2.06. The van der Waals surface area contributed by atoms with Crippen LogP contribution in [0.1, 0.15) is 5.69 Å². The van der Waals surface area contributed by atoms with Crippen molar-refractivity contribution in [1.82, 2.24) is 15.0 Å². The predicted octanol–water partition coefficient (Wildman–Crippen LogP) is 0.263. The fraction of sp³-hybridized carbons (Fsp3) is 0.125. The highest BCUT2D eigenvalue weighted by Crippen LogP contribution is 2.12. The lowest BCUT2D eigenvalue weighted by molar-refractivity contribution is 0.617. The number of hydrogen-bond acceptors (Lipinski definition) is 7. The minimum Gasteiger partial charge on any atom is -0.362 e. The molecule has 0 amide bonds. The van der Waals surface area contributed by atoms with E-state index in [1.54, 1.807) is 5.38 Å². The Labute approximate surface area is 98.9 Å². The average molecular weight is 256 g/mol. The van der Waals surface area contributed by atoms with Crippen LogP contribution in [0, 0.1) is 5.82 Å². The summed E-state index contributed by atoms with van der Waals surface area (Å²) in [6.45, 7) is 0.261. The van der Waals surface area contributed by atoms with Crippen LogP contribution in [-0.4, -0.2) is 15.0 Å². The van der Waals surface area contributed by atoms with Crippen molar-refractivity contribution in [2.24, 2.45) is 5.84 Å². The lowest BCUT2D eigenvalue weighted by atomic mass is 10.4. The second kappa shape index (κ2) is 4.89. The van der Waals surface area contributed by atoms with Crippen molar-refractivity contribution in [1.29, 1.82) is 0 Å². The topological polar surface area (TPSA) is 109 Å². The van der Waals surface area contributed by atoms with E-state index in [1.165, 1.54) is 0 Å². The second-order valence-electron chi connectivity index (χ2n) is 3.06. The number of aromatic nitrogens is 3. The third-order valence-electron chi connectivity index (χ3n) is 1.89. The molecule has 5 N–H and O–H groups in total. The normalized spacial score (nSPS) is 10.2. The van der Waals surface area contributed by atoms with Crippen LogP contribution >= 0.6 is 11.3 Å². The van der Waals surface area contributed by atoms with Crippen LogP contribution in [0.4, 0.5) is 16.2 Å². The first kappa shape index (κ1) is 11.5. The van der Waals surface area contributed by atoms with Crippen molar-refractivity contribution in [2.45, 2.75) is 6.54 Å². The van der Waals surface area contributed by atoms with Crippen LogP contribution in [0.5, 0.6) is 0 Å². The lowest BCUT2D eigenvalue weighted by Crippen LogP contribution is -2.13. The first-order valence-corrected chi connectivity index (χ1v) is 5.46. The molecule has 7 nitrogen and oxygen atoms in total. The molecule has 0 spiro atoms. The van der Waals surface area contributed by atoms with Crippen LogP contribution in [0.3, 0.4) is 0 Å². The predicted molar refractivity (Wildman–Crippen MR) is 62.1 cm³/mol. The number of nitrogens with zero attached hydrogens (tertiary/aromatic N) is 2. The largest absolute Gasteiger partial charge is 0.362 e.